The van der Waals surface area contributed by atoms with E-state index in [1.807, 2.05) is 0 Å². The zero-order valence-corrected chi connectivity index (χ0v) is 10.6. The maximum Gasteiger partial charge on any atom is 0.156 e. The highest BCUT2D eigenvalue weighted by atomic mass is 79.9. The number of rotatable bonds is 5. The van der Waals surface area contributed by atoms with E-state index in [2.05, 4.69) is 31.2 Å². The molecule has 0 saturated heterocycles. The molecule has 15 heavy (non-hydrogen) atoms. The third-order valence-corrected chi connectivity index (χ3v) is 2.59. The van der Waals surface area contributed by atoms with E-state index >= 15 is 0 Å². The van der Waals surface area contributed by atoms with Crippen LogP contribution in [-0.4, -0.2) is 31.2 Å². The van der Waals surface area contributed by atoms with Crippen LogP contribution in [0.4, 0.5) is 5.82 Å². The lowest BCUT2D eigenvalue weighted by Crippen LogP contribution is -2.07. The van der Waals surface area contributed by atoms with Crippen LogP contribution in [0.25, 0.3) is 0 Å². The number of hydrogen-bond acceptors (Lipinski definition) is 5. The van der Waals surface area contributed by atoms with Gasteiger partial charge in [-0.3, -0.25) is 0 Å². The normalized spacial score (nSPS) is 10.4. The average Bonchev–Trinajstić information content (AvgIpc) is 2.23. The molecule has 0 fully saturated rings. The number of nitrogens with zero attached hydrogens (tertiary/aromatic N) is 2. The third kappa shape index (κ3) is 3.12. The predicted molar refractivity (Wildman–Crippen MR) is 60.7 cm³/mol. The fourth-order valence-corrected chi connectivity index (χ4v) is 1.63. The van der Waals surface area contributed by atoms with Crippen molar-refractivity contribution >= 4 is 21.7 Å². The van der Waals surface area contributed by atoms with Crippen molar-refractivity contribution in [1.29, 1.82) is 0 Å². The Morgan fingerprint density at radius 2 is 1.87 bits per heavy atom. The summed E-state index contributed by atoms with van der Waals surface area (Å²) in [5.41, 5.74) is 0.809. The topological polar surface area (TPSA) is 56.3 Å². The molecular formula is C9H14BrN3O2. The van der Waals surface area contributed by atoms with Gasteiger partial charge in [0.25, 0.3) is 0 Å². The van der Waals surface area contributed by atoms with E-state index < -0.39 is 0 Å². The number of hydrogen-bond donors (Lipinski definition) is 1. The van der Waals surface area contributed by atoms with Crippen LogP contribution >= 0.6 is 15.9 Å². The summed E-state index contributed by atoms with van der Waals surface area (Å²) in [5, 5.41) is 2.98. The minimum atomic E-state index is 0.388. The Bertz CT molecular complexity index is 333. The van der Waals surface area contributed by atoms with Gasteiger partial charge in [-0.2, -0.15) is 0 Å². The molecule has 0 saturated carbocycles. The van der Waals surface area contributed by atoms with E-state index in [-0.39, 0.29) is 0 Å². The standard InChI is InChI=1S/C9H14BrN3O2/c1-11-9-8(10)6(4-14-2)12-7(13-9)5-15-3/h4-5H2,1-3H3,(H,11,12,13). The van der Waals surface area contributed by atoms with E-state index in [1.54, 1.807) is 21.3 Å². The van der Waals surface area contributed by atoms with Crippen molar-refractivity contribution in [3.05, 3.63) is 16.0 Å². The first-order valence-electron chi connectivity index (χ1n) is 4.43. The molecule has 0 spiro atoms. The van der Waals surface area contributed by atoms with Gasteiger partial charge in [0, 0.05) is 21.3 Å². The predicted octanol–water partition coefficient (Wildman–Crippen LogP) is 1.57. The monoisotopic (exact) mass is 275 g/mol. The van der Waals surface area contributed by atoms with Gasteiger partial charge >= 0.3 is 0 Å². The van der Waals surface area contributed by atoms with Gasteiger partial charge in [0.1, 0.15) is 12.4 Å². The molecule has 1 aromatic rings. The minimum Gasteiger partial charge on any atom is -0.378 e. The van der Waals surface area contributed by atoms with Crippen LogP contribution in [0, 0.1) is 0 Å². The lowest BCUT2D eigenvalue weighted by Gasteiger charge is -2.09. The second-order valence-corrected chi connectivity index (χ2v) is 3.66. The molecular weight excluding hydrogens is 262 g/mol. The fraction of sp³-hybridized carbons (Fsp3) is 0.556. The summed E-state index contributed by atoms with van der Waals surface area (Å²) < 4.78 is 10.9. The van der Waals surface area contributed by atoms with Crippen LogP contribution < -0.4 is 5.32 Å². The molecule has 0 aromatic carbocycles. The highest BCUT2D eigenvalue weighted by Gasteiger charge is 2.10. The molecule has 84 valence electrons. The van der Waals surface area contributed by atoms with Crippen molar-refractivity contribution in [2.45, 2.75) is 13.2 Å². The third-order valence-electron chi connectivity index (χ3n) is 1.76. The summed E-state index contributed by atoms with van der Waals surface area (Å²) in [6.07, 6.45) is 0. The Kier molecular flexibility index (Phi) is 4.93. The average molecular weight is 276 g/mol. The maximum absolute atomic E-state index is 5.05. The van der Waals surface area contributed by atoms with Crippen LogP contribution in [0.15, 0.2) is 4.47 Å². The maximum atomic E-state index is 5.05. The highest BCUT2D eigenvalue weighted by molar-refractivity contribution is 9.10. The van der Waals surface area contributed by atoms with Gasteiger partial charge in [-0.05, 0) is 15.9 Å². The molecule has 0 aliphatic heterocycles. The number of ether oxygens (including phenoxy) is 2. The first-order chi connectivity index (χ1) is 7.22. The van der Waals surface area contributed by atoms with Crippen LogP contribution in [-0.2, 0) is 22.7 Å². The Morgan fingerprint density at radius 3 is 2.40 bits per heavy atom. The Hall–Kier alpha value is -0.720. The van der Waals surface area contributed by atoms with E-state index in [0.717, 1.165) is 16.0 Å². The number of methoxy groups -OCH3 is 2. The van der Waals surface area contributed by atoms with Gasteiger partial charge in [0.2, 0.25) is 0 Å². The molecule has 0 unspecified atom stereocenters. The molecule has 1 heterocycles. The zero-order chi connectivity index (χ0) is 11.3. The molecule has 0 radical (unpaired) electrons. The first kappa shape index (κ1) is 12.4. The SMILES string of the molecule is CNc1nc(COC)nc(COC)c1Br. The van der Waals surface area contributed by atoms with Crippen LogP contribution in [0.1, 0.15) is 11.5 Å². The van der Waals surface area contributed by atoms with Crippen molar-refractivity contribution in [3.63, 3.8) is 0 Å². The van der Waals surface area contributed by atoms with Crippen molar-refractivity contribution < 1.29 is 9.47 Å². The summed E-state index contributed by atoms with van der Waals surface area (Å²) in [6, 6.07) is 0. The van der Waals surface area contributed by atoms with Gasteiger partial charge < -0.3 is 14.8 Å². The minimum absolute atomic E-state index is 0.388. The zero-order valence-electron chi connectivity index (χ0n) is 9.00. The summed E-state index contributed by atoms with van der Waals surface area (Å²) >= 11 is 3.42. The van der Waals surface area contributed by atoms with E-state index in [4.69, 9.17) is 9.47 Å². The van der Waals surface area contributed by atoms with E-state index in [9.17, 15) is 0 Å². The molecule has 0 aliphatic rings. The van der Waals surface area contributed by atoms with Gasteiger partial charge in [0.15, 0.2) is 5.82 Å². The van der Waals surface area contributed by atoms with Crippen molar-refractivity contribution in [2.24, 2.45) is 0 Å². The highest BCUT2D eigenvalue weighted by Crippen LogP contribution is 2.23. The van der Waals surface area contributed by atoms with Gasteiger partial charge in [0.05, 0.1) is 16.8 Å². The summed E-state index contributed by atoms with van der Waals surface area (Å²) in [7, 11) is 5.05. The molecule has 0 atom stereocenters. The quantitative estimate of drug-likeness (QED) is 0.884. The second-order valence-electron chi connectivity index (χ2n) is 2.87. The molecule has 0 aliphatic carbocycles. The Morgan fingerprint density at radius 1 is 1.20 bits per heavy atom. The molecule has 0 amide bonds. The number of anilines is 1. The number of halogens is 1. The van der Waals surface area contributed by atoms with E-state index in [0.29, 0.717) is 19.0 Å². The second kappa shape index (κ2) is 5.99. The van der Waals surface area contributed by atoms with E-state index in [1.165, 1.54) is 0 Å². The Balaban J connectivity index is 3.07. The largest absolute Gasteiger partial charge is 0.378 e. The summed E-state index contributed by atoms with van der Waals surface area (Å²) in [6.45, 7) is 0.827. The summed E-state index contributed by atoms with van der Waals surface area (Å²) in [5.74, 6) is 1.38. The molecule has 1 aromatic heterocycles. The van der Waals surface area contributed by atoms with Gasteiger partial charge in [-0.1, -0.05) is 0 Å². The molecule has 0 bridgehead atoms. The van der Waals surface area contributed by atoms with Gasteiger partial charge in [-0.15, -0.1) is 0 Å². The molecule has 5 nitrogen and oxygen atoms in total. The van der Waals surface area contributed by atoms with Crippen molar-refractivity contribution in [1.82, 2.24) is 9.97 Å². The van der Waals surface area contributed by atoms with Gasteiger partial charge in [-0.25, -0.2) is 9.97 Å². The van der Waals surface area contributed by atoms with Crippen LogP contribution in [0.5, 0.6) is 0 Å². The fourth-order valence-electron chi connectivity index (χ4n) is 1.14. The molecule has 1 N–H and O–H groups in total. The van der Waals surface area contributed by atoms with Crippen LogP contribution in [0.3, 0.4) is 0 Å². The number of aromatic nitrogens is 2. The van der Waals surface area contributed by atoms with Crippen molar-refractivity contribution in [3.8, 4) is 0 Å². The van der Waals surface area contributed by atoms with Crippen LogP contribution in [0.2, 0.25) is 0 Å². The Labute approximate surface area is 97.3 Å². The van der Waals surface area contributed by atoms with Crippen molar-refractivity contribution in [2.75, 3.05) is 26.6 Å². The first-order valence-corrected chi connectivity index (χ1v) is 5.23. The summed E-state index contributed by atoms with van der Waals surface area (Å²) in [4.78, 5) is 8.59. The smallest absolute Gasteiger partial charge is 0.156 e. The lowest BCUT2D eigenvalue weighted by atomic mass is 10.4. The lowest BCUT2D eigenvalue weighted by molar-refractivity contribution is 0.170. The molecule has 1 rings (SSSR count). The number of nitrogens with one attached hydrogen (secondary N) is 1. The molecule has 6 heteroatoms.